The minimum atomic E-state index is -2.05. The highest BCUT2D eigenvalue weighted by Crippen LogP contribution is 2.24. The summed E-state index contributed by atoms with van der Waals surface area (Å²) < 4.78 is 4.93. The van der Waals surface area contributed by atoms with Gasteiger partial charge in [0.25, 0.3) is 0 Å². The minimum Gasteiger partial charge on any atom is -0.508 e. The first-order chi connectivity index (χ1) is 48.8. The minimum absolute atomic E-state index is 0.0420. The molecule has 2 fully saturated rings. The number of primary amides is 2. The number of hydrogen-bond donors (Lipinski definition) is 17. The molecule has 2 heterocycles. The van der Waals surface area contributed by atoms with Crippen molar-refractivity contribution >= 4 is 82.9 Å². The fraction of sp³-hybridized carbons (Fsp3) is 0.714. The van der Waals surface area contributed by atoms with Crippen LogP contribution in [0.2, 0.25) is 0 Å². The SMILES string of the molecule is CCCCC[C@@H]1CC(=O)N[C@@H]([C@H](C)CC)C(=O)N[C@H](C(O)C(C)C)C(=O)N[C@@H](CCOC(N)=O)C(=O)N[C@H](CC(C)C)C(=O)N[C@@H](CCC(N)=O)C(=O)N(C)[C@@H]([C@@H](C)CC)C(=O)N[C@H](C(O)CO)C(=O)N[C@H](C(C)C)C(=O)N2CCC[C@H]2C(=O)N[C@H](Cc2ccc(O)cc2)C(=O)N[C@@H]([C@@H](C)O)C(=O)N1. The molecule has 2 aliphatic heterocycles. The summed E-state index contributed by atoms with van der Waals surface area (Å²) in [5, 5.41) is 80.5. The number of carbonyl (C=O) groups excluding carboxylic acids is 14. The molecule has 104 heavy (non-hydrogen) atoms. The van der Waals surface area contributed by atoms with Crippen molar-refractivity contribution in [3.05, 3.63) is 29.8 Å². The molecule has 586 valence electrons. The molecule has 34 nitrogen and oxygen atoms in total. The number of aliphatic hydroxyl groups excluding tert-OH is 4. The van der Waals surface area contributed by atoms with E-state index in [1.165, 1.54) is 57.0 Å². The Labute approximate surface area is 608 Å². The second kappa shape index (κ2) is 43.5. The Morgan fingerprint density at radius 1 is 0.577 bits per heavy atom. The number of benzene rings is 1. The molecule has 1 aromatic rings. The molecule has 1 aromatic carbocycles. The standard InChI is InChI=1S/C70H116N14O20/c1-14-17-18-20-42-33-51(90)78-53(38(10)15-2)63(96)82-56(58(91)37(8)9)66(99)74-44(28-30-104-70(72)103)59(92)76-46(31-35(4)5)60(93)75-45(26-27-50(71)89)68(101)83(13)57(39(11)16-3)67(100)81-55(49(88)34-85)65(98)79-52(36(6)7)69(102)84-29-19-21-48(84)62(95)77-47(32-41-22-24-43(87)25-23-41)61(94)80-54(40(12)86)64(97)73-42/h22-25,35-40,42,44-49,52-58,85-88,91H,14-21,26-34H2,1-13H3,(H2,71,89)(H2,72,103)(H,73,97)(H,74,99)(H,75,93)(H,76,92)(H,77,95)(H,78,90)(H,79,98)(H,80,94)(H,81,100)(H,82,96)/t38-,39+,40-,42-,44+,45+,46-,47-,48+,49?,52-,53+,54+,55-,56-,57+,58?/m1/s1. The van der Waals surface area contributed by atoms with Crippen LogP contribution in [0.15, 0.2) is 24.3 Å². The van der Waals surface area contributed by atoms with Crippen LogP contribution in [0, 0.1) is 29.6 Å². The van der Waals surface area contributed by atoms with Gasteiger partial charge in [0.15, 0.2) is 0 Å². The number of amides is 14. The second-order valence-electron chi connectivity index (χ2n) is 28.4. The zero-order valence-corrected chi connectivity index (χ0v) is 62.3. The smallest absolute Gasteiger partial charge is 0.404 e. The van der Waals surface area contributed by atoms with Crippen molar-refractivity contribution in [2.45, 2.75) is 264 Å². The third-order valence-corrected chi connectivity index (χ3v) is 18.8. The van der Waals surface area contributed by atoms with E-state index in [-0.39, 0.29) is 57.2 Å². The quantitative estimate of drug-likeness (QED) is 0.0492. The number of likely N-dealkylation sites (N-methyl/N-ethyl adjacent to an activating group) is 1. The summed E-state index contributed by atoms with van der Waals surface area (Å²) in [6, 6.07) is -13.4. The number of nitrogens with one attached hydrogen (secondary N) is 10. The molecule has 0 aromatic heterocycles. The molecule has 0 radical (unpaired) electrons. The Balaban J connectivity index is 2.37. The first-order valence-corrected chi connectivity index (χ1v) is 36.1. The van der Waals surface area contributed by atoms with Crippen LogP contribution < -0.4 is 64.6 Å². The van der Waals surface area contributed by atoms with E-state index >= 15 is 0 Å². The summed E-state index contributed by atoms with van der Waals surface area (Å²) >= 11 is 0. The monoisotopic (exact) mass is 1470 g/mol. The Morgan fingerprint density at radius 3 is 1.67 bits per heavy atom. The average molecular weight is 1470 g/mol. The number of fused-ring (bicyclic) bond motifs is 1. The first-order valence-electron chi connectivity index (χ1n) is 36.1. The van der Waals surface area contributed by atoms with E-state index < -0.39 is 242 Å². The van der Waals surface area contributed by atoms with Crippen molar-refractivity contribution in [2.24, 2.45) is 41.1 Å². The molecule has 34 heteroatoms. The van der Waals surface area contributed by atoms with Crippen LogP contribution in [-0.4, -0.2) is 236 Å². The summed E-state index contributed by atoms with van der Waals surface area (Å²) in [7, 11) is 1.19. The van der Waals surface area contributed by atoms with Crippen LogP contribution in [0.4, 0.5) is 4.79 Å². The Morgan fingerprint density at radius 2 is 1.12 bits per heavy atom. The fourth-order valence-corrected chi connectivity index (χ4v) is 12.2. The number of ether oxygens (including phenoxy) is 1. The average Bonchev–Trinajstić information content (AvgIpc) is 1.74. The number of carbonyl (C=O) groups is 14. The van der Waals surface area contributed by atoms with Crippen molar-refractivity contribution in [2.75, 3.05) is 26.8 Å². The van der Waals surface area contributed by atoms with Gasteiger partial charge in [-0.2, -0.15) is 0 Å². The lowest BCUT2D eigenvalue weighted by Crippen LogP contribution is -2.64. The summed E-state index contributed by atoms with van der Waals surface area (Å²) in [4.78, 5) is 202. The topological polar surface area (TPSA) is 528 Å². The maximum absolute atomic E-state index is 14.9. The van der Waals surface area contributed by atoms with Crippen molar-refractivity contribution in [1.29, 1.82) is 0 Å². The molecule has 2 saturated heterocycles. The fourth-order valence-electron chi connectivity index (χ4n) is 12.2. The summed E-state index contributed by atoms with van der Waals surface area (Å²) in [6.45, 7) is 17.5. The normalized spacial score (nSPS) is 26.5. The van der Waals surface area contributed by atoms with Crippen molar-refractivity contribution in [1.82, 2.24) is 63.0 Å². The predicted octanol–water partition coefficient (Wildman–Crippen LogP) is -2.12. The van der Waals surface area contributed by atoms with Crippen LogP contribution in [0.5, 0.6) is 5.75 Å². The van der Waals surface area contributed by atoms with E-state index in [9.17, 15) is 92.7 Å². The van der Waals surface area contributed by atoms with E-state index in [1.54, 1.807) is 55.4 Å². The number of nitrogens with zero attached hydrogens (tertiary/aromatic N) is 2. The van der Waals surface area contributed by atoms with Crippen molar-refractivity contribution in [3.63, 3.8) is 0 Å². The number of aromatic hydroxyl groups is 1. The van der Waals surface area contributed by atoms with Crippen LogP contribution in [-0.2, 0) is 73.5 Å². The maximum Gasteiger partial charge on any atom is 0.404 e. The molecular formula is C70H116N14O20. The predicted molar refractivity (Wildman–Crippen MR) is 379 cm³/mol. The van der Waals surface area contributed by atoms with Gasteiger partial charge in [-0.1, -0.05) is 120 Å². The van der Waals surface area contributed by atoms with E-state index in [2.05, 4.69) is 53.2 Å². The number of aliphatic hydroxyl groups is 4. The van der Waals surface area contributed by atoms with Crippen LogP contribution in [0.25, 0.3) is 0 Å². The lowest BCUT2D eigenvalue weighted by atomic mass is 9.94. The van der Waals surface area contributed by atoms with Gasteiger partial charge in [0.1, 0.15) is 78.3 Å². The Hall–Kier alpha value is -8.76. The Kier molecular flexibility index (Phi) is 37.4. The number of nitrogens with two attached hydrogens (primary N) is 2. The number of hydrogen-bond acceptors (Lipinski definition) is 20. The van der Waals surface area contributed by atoms with E-state index in [0.29, 0.717) is 24.8 Å². The van der Waals surface area contributed by atoms with E-state index in [4.69, 9.17) is 16.2 Å². The van der Waals surface area contributed by atoms with Crippen LogP contribution in [0.3, 0.4) is 0 Å². The van der Waals surface area contributed by atoms with Gasteiger partial charge in [-0.15, -0.1) is 0 Å². The molecule has 2 aliphatic rings. The molecule has 0 saturated carbocycles. The molecule has 19 N–H and O–H groups in total. The largest absolute Gasteiger partial charge is 0.508 e. The van der Waals surface area contributed by atoms with Crippen molar-refractivity contribution in [3.8, 4) is 5.75 Å². The zero-order valence-electron chi connectivity index (χ0n) is 62.3. The van der Waals surface area contributed by atoms with E-state index in [0.717, 1.165) is 4.90 Å². The van der Waals surface area contributed by atoms with Gasteiger partial charge >= 0.3 is 6.09 Å². The lowest BCUT2D eigenvalue weighted by Gasteiger charge is -2.36. The maximum atomic E-state index is 14.9. The van der Waals surface area contributed by atoms with Gasteiger partial charge in [-0.25, -0.2) is 4.79 Å². The summed E-state index contributed by atoms with van der Waals surface area (Å²) in [5.74, 6) is -16.4. The van der Waals surface area contributed by atoms with Crippen molar-refractivity contribution < 1.29 is 97.4 Å². The van der Waals surface area contributed by atoms with Gasteiger partial charge in [0.05, 0.1) is 25.4 Å². The zero-order chi connectivity index (χ0) is 78.6. The Bertz CT molecular complexity index is 3080. The van der Waals surface area contributed by atoms with Crippen LogP contribution >= 0.6 is 0 Å². The number of phenolic OH excluding ortho intramolecular Hbond substituents is 1. The summed E-state index contributed by atoms with van der Waals surface area (Å²) in [5.41, 5.74) is 11.2. The first kappa shape index (κ1) is 89.5. The summed E-state index contributed by atoms with van der Waals surface area (Å²) in [6.07, 6.45) is -6.36. The van der Waals surface area contributed by atoms with Gasteiger partial charge in [-0.05, 0) is 86.3 Å². The second-order valence-corrected chi connectivity index (χ2v) is 28.4. The van der Waals surface area contributed by atoms with Gasteiger partial charge in [0.2, 0.25) is 76.8 Å². The third kappa shape index (κ3) is 27.7. The van der Waals surface area contributed by atoms with E-state index in [1.807, 2.05) is 6.92 Å². The highest BCUT2D eigenvalue weighted by Gasteiger charge is 2.45. The number of rotatable bonds is 24. The number of phenols is 1. The highest BCUT2D eigenvalue weighted by molar-refractivity contribution is 6.00. The molecule has 0 bridgehead atoms. The highest BCUT2D eigenvalue weighted by atomic mass is 16.5. The molecule has 14 amide bonds. The van der Waals surface area contributed by atoms with Gasteiger partial charge in [-0.3, -0.25) is 62.3 Å². The van der Waals surface area contributed by atoms with Gasteiger partial charge < -0.3 is 105 Å². The third-order valence-electron chi connectivity index (χ3n) is 18.8. The molecule has 0 spiro atoms. The molecule has 3 rings (SSSR count). The molecular weight excluding hydrogens is 1360 g/mol. The lowest BCUT2D eigenvalue weighted by molar-refractivity contribution is -0.146. The molecule has 2 unspecified atom stereocenters. The molecule has 0 aliphatic carbocycles. The number of unbranched alkanes of at least 4 members (excludes halogenated alkanes) is 2. The molecule has 17 atom stereocenters. The van der Waals surface area contributed by atoms with Gasteiger partial charge in [0, 0.05) is 45.3 Å². The van der Waals surface area contributed by atoms with Crippen LogP contribution in [0.1, 0.15) is 172 Å².